The molecule has 2 unspecified atom stereocenters. The normalized spacial score (nSPS) is 21.7. The summed E-state index contributed by atoms with van der Waals surface area (Å²) < 4.78 is 5.35. The molecular weight excluding hydrogens is 1540 g/mol. The second kappa shape index (κ2) is 45.3. The number of aliphatic hydroxyl groups is 1. The number of carboxylic acids is 1. The summed E-state index contributed by atoms with van der Waals surface area (Å²) in [7, 11) is 1.40. The fourth-order valence-electron chi connectivity index (χ4n) is 12.5. The lowest BCUT2D eigenvalue weighted by Crippen LogP contribution is -2.62. The van der Waals surface area contributed by atoms with E-state index in [-0.39, 0.29) is 58.0 Å². The molecule has 42 nitrogen and oxygen atoms in total. The number of aliphatic carboxylic acids is 1. The van der Waals surface area contributed by atoms with Crippen LogP contribution in [0.4, 0.5) is 0 Å². The monoisotopic (exact) mass is 1640 g/mol. The van der Waals surface area contributed by atoms with E-state index < -0.39 is 236 Å². The fraction of sp³-hybridized carbons (Fsp3) is 0.434. The lowest BCUT2D eigenvalue weighted by Gasteiger charge is -2.28. The van der Waals surface area contributed by atoms with Gasteiger partial charge in [0.15, 0.2) is 5.96 Å². The lowest BCUT2D eigenvalue weighted by molar-refractivity contribution is -0.144. The number of hydrogen-bond donors (Lipinski definition) is 23. The van der Waals surface area contributed by atoms with Crippen molar-refractivity contribution in [3.63, 3.8) is 0 Å². The number of primary amides is 4. The molecule has 2 heterocycles. The van der Waals surface area contributed by atoms with Crippen molar-refractivity contribution >= 4 is 134 Å². The maximum atomic E-state index is 15.4. The molecule has 0 saturated carbocycles. The molecule has 1 aromatic heterocycles. The Morgan fingerprint density at radius 2 is 1.13 bits per heavy atom. The number of fused-ring (bicyclic) bond motifs is 2. The van der Waals surface area contributed by atoms with Crippen molar-refractivity contribution in [3.05, 3.63) is 114 Å². The number of para-hydroxylation sites is 1. The van der Waals surface area contributed by atoms with Crippen molar-refractivity contribution in [1.82, 2.24) is 79.4 Å². The molecule has 0 radical (unpaired) electrons. The maximum Gasteiger partial charge on any atom is 0.326 e. The van der Waals surface area contributed by atoms with E-state index in [9.17, 15) is 82.1 Å². The van der Waals surface area contributed by atoms with E-state index in [4.69, 9.17) is 38.8 Å². The van der Waals surface area contributed by atoms with Crippen LogP contribution in [0.2, 0.25) is 0 Å². The van der Waals surface area contributed by atoms with E-state index >= 15 is 14.4 Å². The molecule has 0 bridgehead atoms. The molecule has 4 aromatic carbocycles. The Labute approximate surface area is 675 Å². The topological polar surface area (TPSA) is 695 Å². The number of carbonyl (C=O) groups excluding carboxylic acids is 17. The zero-order chi connectivity index (χ0) is 87.0. The Bertz CT molecular complexity index is 4540. The first-order valence-electron chi connectivity index (χ1n) is 37.5. The fourth-order valence-corrected chi connectivity index (χ4v) is 12.5. The molecule has 13 atom stereocenters. The Kier molecular flexibility index (Phi) is 35.7. The lowest BCUT2D eigenvalue weighted by atomic mass is 9.99. The predicted octanol–water partition coefficient (Wildman–Crippen LogP) is -6.47. The van der Waals surface area contributed by atoms with E-state index in [1.807, 2.05) is 11.4 Å². The van der Waals surface area contributed by atoms with Gasteiger partial charge in [-0.05, 0) is 98.0 Å². The van der Waals surface area contributed by atoms with Crippen LogP contribution in [0.25, 0.3) is 21.7 Å². The summed E-state index contributed by atoms with van der Waals surface area (Å²) in [6.07, 6.45) is -7.45. The molecule has 0 spiro atoms. The summed E-state index contributed by atoms with van der Waals surface area (Å²) >= 11 is 0. The molecular formula is C76H101N21O21. The van der Waals surface area contributed by atoms with E-state index in [0.29, 0.717) is 38.7 Å². The van der Waals surface area contributed by atoms with Gasteiger partial charge in [0.2, 0.25) is 100 Å². The van der Waals surface area contributed by atoms with Gasteiger partial charge >= 0.3 is 5.97 Å². The van der Waals surface area contributed by atoms with Crippen LogP contribution < -0.4 is 108 Å². The first-order valence-corrected chi connectivity index (χ1v) is 37.5. The van der Waals surface area contributed by atoms with Crippen LogP contribution >= 0.6 is 0 Å². The molecule has 17 amide bonds. The molecule has 1 aliphatic heterocycles. The summed E-state index contributed by atoms with van der Waals surface area (Å²) in [6.45, 7) is 2.87. The predicted molar refractivity (Wildman–Crippen MR) is 421 cm³/mol. The number of hydrogen-bond acceptors (Lipinski definition) is 21. The van der Waals surface area contributed by atoms with Gasteiger partial charge in [0.25, 0.3) is 0 Å². The minimum Gasteiger partial charge on any atom is -0.497 e. The van der Waals surface area contributed by atoms with Gasteiger partial charge in [0, 0.05) is 62.8 Å². The number of nitrogens with one attached hydrogen (secondary N) is 16. The van der Waals surface area contributed by atoms with Crippen molar-refractivity contribution in [2.24, 2.45) is 28.7 Å². The number of carbonyl (C=O) groups is 18. The summed E-state index contributed by atoms with van der Waals surface area (Å²) in [5, 5.41) is 64.7. The number of aromatic nitrogens is 1. The molecule has 42 heteroatoms. The first-order chi connectivity index (χ1) is 55.9. The van der Waals surface area contributed by atoms with Crippen molar-refractivity contribution in [2.45, 2.75) is 189 Å². The van der Waals surface area contributed by atoms with E-state index in [1.54, 1.807) is 84.9 Å². The number of rotatable bonds is 27. The second-order valence-electron chi connectivity index (χ2n) is 28.1. The van der Waals surface area contributed by atoms with Crippen LogP contribution in [-0.2, 0) is 106 Å². The molecule has 1 aliphatic rings. The van der Waals surface area contributed by atoms with E-state index in [1.165, 1.54) is 20.2 Å². The molecule has 28 N–H and O–H groups in total. The Hall–Kier alpha value is -13.8. The Morgan fingerprint density at radius 3 is 1.74 bits per heavy atom. The van der Waals surface area contributed by atoms with Gasteiger partial charge in [-0.15, -0.1) is 0 Å². The summed E-state index contributed by atoms with van der Waals surface area (Å²) in [5.74, 6) is -21.5. The number of aromatic amines is 1. The molecule has 5 aromatic rings. The van der Waals surface area contributed by atoms with Gasteiger partial charge in [-0.25, -0.2) is 4.79 Å². The molecule has 636 valence electrons. The highest BCUT2D eigenvalue weighted by atomic mass is 16.5. The standard InChI is InChI=1S/C76H101N21O21/c1-37-64(105)90-51(29-40-19-22-45(118-4)23-20-40)69(110)91-52(30-41-18-21-42-12-5-6-13-43(42)28-41)68(109)88-49(17-11-27-84-76(81)82)67(108)94-56(72(113)93-54(32-59(78)101)71(112)96-57(75(116)117)34-61(80)103)35-62(104)83-26-10-9-16-48(87-39(3)99)66(107)92-55(33-60(79)102)73(114)97-63(38(2)98)74(115)95-53(31-44-36-85-47-15-8-7-14-46(44)47)70(111)89-50(65(106)86-37)24-25-58(77)100/h5-8,12-15,18-23,28,36-38,48-57,63,85,98H,9-11,16-17,24-27,29-35H2,1-4H3,(H2,77,100)(H2,78,101)(H2,79,102)(H2,80,103)(H,83,104)(H,86,106)(H,87,99)(H,88,109)(H,89,111)(H,90,105)(H,91,110)(H,92,107)(H,93,113)(H,94,108)(H,95,115)(H,96,112)(H,97,114)(H,116,117)(H4,81,82,84)/t37-,38?,48?,49-,50-,51-,52-,53-,54-,55-,56+,57-,63-/m0/s1. The Morgan fingerprint density at radius 1 is 0.576 bits per heavy atom. The van der Waals surface area contributed by atoms with E-state index in [0.717, 1.165) is 19.2 Å². The van der Waals surface area contributed by atoms with Crippen LogP contribution in [0, 0.1) is 5.41 Å². The number of methoxy groups -OCH3 is 1. The first kappa shape index (κ1) is 93.0. The third-order valence-corrected chi connectivity index (χ3v) is 18.7. The average molecular weight is 1640 g/mol. The van der Waals surface area contributed by atoms with Gasteiger partial charge in [-0.2, -0.15) is 0 Å². The van der Waals surface area contributed by atoms with Crippen LogP contribution in [0.15, 0.2) is 97.2 Å². The number of nitrogens with two attached hydrogens (primary N) is 5. The third-order valence-electron chi connectivity index (χ3n) is 18.7. The van der Waals surface area contributed by atoms with Gasteiger partial charge in [0.1, 0.15) is 78.3 Å². The van der Waals surface area contributed by atoms with Gasteiger partial charge in [0.05, 0.1) is 38.9 Å². The highest BCUT2D eigenvalue weighted by Gasteiger charge is 2.39. The smallest absolute Gasteiger partial charge is 0.326 e. The van der Waals surface area contributed by atoms with Crippen molar-refractivity contribution in [2.75, 3.05) is 20.2 Å². The number of ether oxygens (including phenoxy) is 1. The molecule has 0 aliphatic carbocycles. The number of benzene rings is 4. The maximum absolute atomic E-state index is 15.4. The van der Waals surface area contributed by atoms with Crippen LogP contribution in [0.3, 0.4) is 0 Å². The summed E-state index contributed by atoms with van der Waals surface area (Å²) in [4.78, 5) is 253. The van der Waals surface area contributed by atoms with Crippen molar-refractivity contribution in [1.29, 1.82) is 5.41 Å². The number of aliphatic hydroxyl groups excluding tert-OH is 1. The van der Waals surface area contributed by atoms with Crippen LogP contribution in [0.1, 0.15) is 108 Å². The number of guanidine groups is 1. The molecule has 118 heavy (non-hydrogen) atoms. The quantitative estimate of drug-likeness (QED) is 0.0132. The number of carboxylic acid groups (broad SMARTS) is 1. The number of H-pyrrole nitrogens is 1. The molecule has 1 fully saturated rings. The van der Waals surface area contributed by atoms with E-state index in [2.05, 4.69) is 74.1 Å². The Balaban J connectivity index is 1.48. The zero-order valence-electron chi connectivity index (χ0n) is 65.1. The van der Waals surface area contributed by atoms with Gasteiger partial charge < -0.3 is 123 Å². The zero-order valence-corrected chi connectivity index (χ0v) is 65.1. The average Bonchev–Trinajstić information content (AvgIpc) is 1.72. The second-order valence-corrected chi connectivity index (χ2v) is 28.1. The summed E-state index contributed by atoms with van der Waals surface area (Å²) in [5.41, 5.74) is 29.2. The molecule has 1 saturated heterocycles. The minimum absolute atomic E-state index is 0.0563. The van der Waals surface area contributed by atoms with Gasteiger partial charge in [-0.1, -0.05) is 72.8 Å². The SMILES string of the molecule is COc1ccc(C[C@@H]2NC(=O)[C@H](C)NC(=O)[C@H](CCC(N)=O)NC(=O)[C@H](Cc3c[nH]c4ccccc34)NC(=O)[C@H](C(C)O)NC(=O)[C@H](CC(N)=O)NC(=O)C(NC(C)=O)CCCCNC(=O)C[C@H](C(=O)N[C@@H](CC(N)=O)C(=O)N[C@@H](CC(N)=O)C(=O)O)NC(=O)[C@H](CCCNC(=N)N)NC(=O)[C@H](Cc3ccc4ccccc4c3)NC2=O)cc1. The minimum atomic E-state index is -2.13. The highest BCUT2D eigenvalue weighted by molar-refractivity contribution is 6.02. The summed E-state index contributed by atoms with van der Waals surface area (Å²) in [6, 6.07) is 3.09. The highest BCUT2D eigenvalue weighted by Crippen LogP contribution is 2.22. The third kappa shape index (κ3) is 30.2. The van der Waals surface area contributed by atoms with Crippen molar-refractivity contribution < 1.29 is 101 Å². The number of amides is 17. The van der Waals surface area contributed by atoms with Gasteiger partial charge in [-0.3, -0.25) is 86.9 Å². The largest absolute Gasteiger partial charge is 0.497 e. The van der Waals surface area contributed by atoms with Crippen LogP contribution in [0.5, 0.6) is 5.75 Å². The van der Waals surface area contributed by atoms with Crippen LogP contribution in [-0.4, -0.2) is 226 Å². The van der Waals surface area contributed by atoms with Crippen molar-refractivity contribution in [3.8, 4) is 5.75 Å². The molecule has 6 rings (SSSR count).